The Morgan fingerprint density at radius 1 is 1.33 bits per heavy atom. The van der Waals surface area contributed by atoms with Gasteiger partial charge in [-0.05, 0) is 24.3 Å². The van der Waals surface area contributed by atoms with E-state index in [0.29, 0.717) is 0 Å². The molecule has 2 rings (SSSR count). The zero-order valence-electron chi connectivity index (χ0n) is 10.4. The lowest BCUT2D eigenvalue weighted by Crippen LogP contribution is -2.11. The van der Waals surface area contributed by atoms with Gasteiger partial charge in [-0.25, -0.2) is 4.79 Å². The summed E-state index contributed by atoms with van der Waals surface area (Å²) >= 11 is 5.57. The van der Waals surface area contributed by atoms with Crippen molar-refractivity contribution >= 4 is 23.3 Å². The maximum absolute atomic E-state index is 12.9. The lowest BCUT2D eigenvalue weighted by atomic mass is 10.1. The monoisotopic (exact) mass is 319 g/mol. The molecular formula is C13H9ClF3NO3. The highest BCUT2D eigenvalue weighted by Gasteiger charge is 2.33. The minimum atomic E-state index is -4.57. The van der Waals surface area contributed by atoms with Gasteiger partial charge in [0.1, 0.15) is 0 Å². The predicted octanol–water partition coefficient (Wildman–Crippen LogP) is 4.26. The van der Waals surface area contributed by atoms with Gasteiger partial charge in [0.25, 0.3) is 0 Å². The maximum Gasteiger partial charge on any atom is 0.418 e. The van der Waals surface area contributed by atoms with Crippen molar-refractivity contribution in [1.29, 1.82) is 0 Å². The molecule has 4 nitrogen and oxygen atoms in total. The van der Waals surface area contributed by atoms with Gasteiger partial charge in [0, 0.05) is 22.8 Å². The van der Waals surface area contributed by atoms with E-state index in [0.717, 1.165) is 12.3 Å². The number of furan rings is 1. The van der Waals surface area contributed by atoms with E-state index in [9.17, 15) is 18.0 Å². The quantitative estimate of drug-likeness (QED) is 0.883. The molecule has 0 aliphatic rings. The highest BCUT2D eigenvalue weighted by Crippen LogP contribution is 2.36. The largest absolute Gasteiger partial charge is 0.475 e. The average molecular weight is 320 g/mol. The van der Waals surface area contributed by atoms with E-state index in [1.54, 1.807) is 0 Å². The van der Waals surface area contributed by atoms with E-state index in [2.05, 4.69) is 5.32 Å². The zero-order chi connectivity index (χ0) is 15.6. The molecule has 8 heteroatoms. The van der Waals surface area contributed by atoms with Crippen LogP contribution in [0.5, 0.6) is 0 Å². The Kier molecular flexibility index (Phi) is 4.13. The minimum absolute atomic E-state index is 0.0394. The molecule has 1 aromatic carbocycles. The number of benzene rings is 1. The van der Waals surface area contributed by atoms with E-state index < -0.39 is 17.7 Å². The summed E-state index contributed by atoms with van der Waals surface area (Å²) in [6, 6.07) is 4.68. The Bertz CT molecular complexity index is 667. The van der Waals surface area contributed by atoms with Crippen LogP contribution in [0.25, 0.3) is 0 Å². The summed E-state index contributed by atoms with van der Waals surface area (Å²) in [6.45, 7) is -0.122. The molecule has 0 bridgehead atoms. The number of anilines is 1. The highest BCUT2D eigenvalue weighted by molar-refractivity contribution is 6.30. The van der Waals surface area contributed by atoms with Crippen molar-refractivity contribution in [3.05, 3.63) is 52.4 Å². The second-order valence-corrected chi connectivity index (χ2v) is 4.56. The van der Waals surface area contributed by atoms with Crippen molar-refractivity contribution in [2.75, 3.05) is 5.32 Å². The molecule has 2 aromatic rings. The van der Waals surface area contributed by atoms with Gasteiger partial charge in [-0.1, -0.05) is 11.6 Å². The molecule has 0 spiro atoms. The number of carboxylic acid groups (broad SMARTS) is 1. The molecule has 2 N–H and O–H groups in total. The first-order chi connectivity index (χ1) is 9.79. The van der Waals surface area contributed by atoms with E-state index >= 15 is 0 Å². The minimum Gasteiger partial charge on any atom is -0.475 e. The van der Waals surface area contributed by atoms with Gasteiger partial charge in [0.15, 0.2) is 0 Å². The second kappa shape index (κ2) is 5.69. The van der Waals surface area contributed by atoms with Crippen LogP contribution >= 0.6 is 11.6 Å². The first-order valence-corrected chi connectivity index (χ1v) is 6.07. The third-order valence-corrected chi connectivity index (χ3v) is 2.93. The molecule has 1 aromatic heterocycles. The van der Waals surface area contributed by atoms with Crippen LogP contribution in [0.4, 0.5) is 18.9 Å². The Balaban J connectivity index is 2.24. The van der Waals surface area contributed by atoms with Crippen LogP contribution in [0.1, 0.15) is 21.7 Å². The van der Waals surface area contributed by atoms with Gasteiger partial charge >= 0.3 is 12.1 Å². The Hall–Kier alpha value is -2.15. The fourth-order valence-corrected chi connectivity index (χ4v) is 1.93. The van der Waals surface area contributed by atoms with Gasteiger partial charge in [0.2, 0.25) is 5.76 Å². The summed E-state index contributed by atoms with van der Waals surface area (Å²) in [5.74, 6) is -1.60. The Morgan fingerprint density at radius 2 is 2.05 bits per heavy atom. The van der Waals surface area contributed by atoms with E-state index in [1.807, 2.05) is 0 Å². The van der Waals surface area contributed by atoms with Crippen LogP contribution in [-0.4, -0.2) is 11.1 Å². The van der Waals surface area contributed by atoms with Crippen LogP contribution in [0.15, 0.2) is 34.9 Å². The van der Waals surface area contributed by atoms with E-state index in [4.69, 9.17) is 21.1 Å². The molecule has 112 valence electrons. The number of alkyl halides is 3. The Morgan fingerprint density at radius 3 is 2.67 bits per heavy atom. The number of rotatable bonds is 4. The fraction of sp³-hybridized carbons (Fsp3) is 0.154. The van der Waals surface area contributed by atoms with Crippen molar-refractivity contribution in [3.63, 3.8) is 0 Å². The number of aromatic carboxylic acids is 1. The molecule has 0 radical (unpaired) electrons. The normalized spacial score (nSPS) is 11.4. The van der Waals surface area contributed by atoms with Gasteiger partial charge in [-0.2, -0.15) is 13.2 Å². The SMILES string of the molecule is O=C(O)c1occc1CNc1ccc(Cl)cc1C(F)(F)F. The summed E-state index contributed by atoms with van der Waals surface area (Å²) in [4.78, 5) is 10.8. The number of halogens is 4. The number of nitrogens with one attached hydrogen (secondary N) is 1. The number of hydrogen-bond acceptors (Lipinski definition) is 3. The molecular weight excluding hydrogens is 311 g/mol. The Labute approximate surface area is 122 Å². The van der Waals surface area contributed by atoms with Gasteiger partial charge in [-0.15, -0.1) is 0 Å². The van der Waals surface area contributed by atoms with Crippen molar-refractivity contribution in [2.45, 2.75) is 12.7 Å². The summed E-state index contributed by atoms with van der Waals surface area (Å²) < 4.78 is 43.4. The molecule has 0 atom stereocenters. The van der Waals surface area contributed by atoms with Crippen LogP contribution < -0.4 is 5.32 Å². The highest BCUT2D eigenvalue weighted by atomic mass is 35.5. The van der Waals surface area contributed by atoms with Crippen molar-refractivity contribution in [2.24, 2.45) is 0 Å². The molecule has 0 unspecified atom stereocenters. The maximum atomic E-state index is 12.9. The summed E-state index contributed by atoms with van der Waals surface area (Å²) in [6.07, 6.45) is -3.41. The zero-order valence-corrected chi connectivity index (χ0v) is 11.1. The van der Waals surface area contributed by atoms with Crippen LogP contribution in [0, 0.1) is 0 Å². The van der Waals surface area contributed by atoms with Crippen molar-refractivity contribution in [3.8, 4) is 0 Å². The van der Waals surface area contributed by atoms with Crippen molar-refractivity contribution in [1.82, 2.24) is 0 Å². The first kappa shape index (κ1) is 15.2. The number of carbonyl (C=O) groups is 1. The second-order valence-electron chi connectivity index (χ2n) is 4.12. The summed E-state index contributed by atoms with van der Waals surface area (Å²) in [5.41, 5.74) is -0.870. The lowest BCUT2D eigenvalue weighted by molar-refractivity contribution is -0.137. The van der Waals surface area contributed by atoms with Crippen LogP contribution in [0.3, 0.4) is 0 Å². The summed E-state index contributed by atoms with van der Waals surface area (Å²) in [7, 11) is 0. The van der Waals surface area contributed by atoms with Gasteiger partial charge in [0.05, 0.1) is 11.8 Å². The smallest absolute Gasteiger partial charge is 0.418 e. The van der Waals surface area contributed by atoms with Gasteiger partial charge < -0.3 is 14.8 Å². The molecule has 21 heavy (non-hydrogen) atoms. The van der Waals surface area contributed by atoms with Crippen LogP contribution in [-0.2, 0) is 12.7 Å². The molecule has 0 amide bonds. The standard InChI is InChI=1S/C13H9ClF3NO3/c14-8-1-2-10(9(5-8)13(15,16)17)18-6-7-3-4-21-11(7)12(19)20/h1-5,18H,6H2,(H,19,20). The summed E-state index contributed by atoms with van der Waals surface area (Å²) in [5, 5.41) is 11.4. The first-order valence-electron chi connectivity index (χ1n) is 5.69. The molecule has 0 aliphatic heterocycles. The predicted molar refractivity (Wildman–Crippen MR) is 69.4 cm³/mol. The lowest BCUT2D eigenvalue weighted by Gasteiger charge is -2.14. The molecule has 0 aliphatic carbocycles. The fourth-order valence-electron chi connectivity index (χ4n) is 1.76. The average Bonchev–Trinajstić information content (AvgIpc) is 2.84. The number of carboxylic acids is 1. The van der Waals surface area contributed by atoms with Crippen LogP contribution in [0.2, 0.25) is 5.02 Å². The third-order valence-electron chi connectivity index (χ3n) is 2.70. The van der Waals surface area contributed by atoms with Crippen molar-refractivity contribution < 1.29 is 27.5 Å². The third kappa shape index (κ3) is 3.49. The van der Waals surface area contributed by atoms with Gasteiger partial charge in [-0.3, -0.25) is 0 Å². The molecule has 0 saturated heterocycles. The van der Waals surface area contributed by atoms with E-state index in [-0.39, 0.29) is 28.6 Å². The number of hydrogen-bond donors (Lipinski definition) is 2. The van der Waals surface area contributed by atoms with E-state index in [1.165, 1.54) is 18.2 Å². The topological polar surface area (TPSA) is 62.5 Å². The molecule has 1 heterocycles. The molecule has 0 saturated carbocycles. The molecule has 0 fully saturated rings.